The van der Waals surface area contributed by atoms with E-state index in [0.717, 1.165) is 28.8 Å². The maximum atomic E-state index is 13.7. The summed E-state index contributed by atoms with van der Waals surface area (Å²) in [5.74, 6) is -0.739. The fraction of sp³-hybridized carbons (Fsp3) is 0.138. The Kier molecular flexibility index (Phi) is 8.32. The Morgan fingerprint density at radius 2 is 1.44 bits per heavy atom. The first-order chi connectivity index (χ1) is 18.5. The van der Waals surface area contributed by atoms with E-state index in [2.05, 4.69) is 5.32 Å². The number of rotatable bonds is 8. The van der Waals surface area contributed by atoms with Crippen LogP contribution in [0.1, 0.15) is 28.3 Å². The number of amides is 1. The predicted octanol–water partition coefficient (Wildman–Crippen LogP) is 6.77. The van der Waals surface area contributed by atoms with Crippen LogP contribution in [0.25, 0.3) is 0 Å². The minimum absolute atomic E-state index is 0.204. The van der Waals surface area contributed by atoms with Gasteiger partial charge in [-0.2, -0.15) is 13.2 Å². The van der Waals surface area contributed by atoms with Crippen molar-refractivity contribution >= 4 is 33.2 Å². The van der Waals surface area contributed by atoms with E-state index in [1.165, 1.54) is 24.3 Å². The molecule has 0 spiro atoms. The van der Waals surface area contributed by atoms with E-state index in [1.54, 1.807) is 18.2 Å². The molecule has 0 fully saturated rings. The van der Waals surface area contributed by atoms with E-state index < -0.39 is 45.9 Å². The Hall–Kier alpha value is -3.82. The number of nitrogens with zero attached hydrogens (tertiary/aromatic N) is 1. The summed E-state index contributed by atoms with van der Waals surface area (Å²) in [4.78, 5) is 13.2. The molecule has 39 heavy (non-hydrogen) atoms. The van der Waals surface area contributed by atoms with Gasteiger partial charge < -0.3 is 5.32 Å². The van der Waals surface area contributed by atoms with Gasteiger partial charge in [-0.15, -0.1) is 0 Å². The van der Waals surface area contributed by atoms with Crippen LogP contribution in [0.15, 0.2) is 108 Å². The average molecular weight is 573 g/mol. The SMILES string of the molecule is Cc1ccc([C@@H](NC(=O)CN(c2cc(C(F)(F)F)ccc2Cl)S(=O)(=O)c2ccccc2)c2ccccc2)cc1. The molecule has 0 bridgehead atoms. The molecule has 0 saturated heterocycles. The molecule has 1 amide bonds. The van der Waals surface area contributed by atoms with E-state index in [4.69, 9.17) is 11.6 Å². The van der Waals surface area contributed by atoms with Crippen LogP contribution in [0.5, 0.6) is 0 Å². The summed E-state index contributed by atoms with van der Waals surface area (Å²) < 4.78 is 68.5. The normalized spacial score (nSPS) is 12.5. The van der Waals surface area contributed by atoms with Gasteiger partial charge in [-0.05, 0) is 48.4 Å². The van der Waals surface area contributed by atoms with E-state index in [9.17, 15) is 26.4 Å². The summed E-state index contributed by atoms with van der Waals surface area (Å²) in [6.07, 6.45) is -4.76. The molecule has 4 aromatic carbocycles. The lowest BCUT2D eigenvalue weighted by atomic mass is 9.98. The zero-order valence-corrected chi connectivity index (χ0v) is 22.3. The van der Waals surface area contributed by atoms with Gasteiger partial charge in [0, 0.05) is 0 Å². The van der Waals surface area contributed by atoms with Gasteiger partial charge >= 0.3 is 6.18 Å². The molecule has 202 valence electrons. The lowest BCUT2D eigenvalue weighted by Crippen LogP contribution is -2.42. The van der Waals surface area contributed by atoms with Crippen molar-refractivity contribution in [3.05, 3.63) is 130 Å². The second kappa shape index (κ2) is 11.5. The van der Waals surface area contributed by atoms with Crippen LogP contribution >= 0.6 is 11.6 Å². The zero-order valence-electron chi connectivity index (χ0n) is 20.7. The average Bonchev–Trinajstić information content (AvgIpc) is 2.92. The van der Waals surface area contributed by atoms with Crippen molar-refractivity contribution in [1.82, 2.24) is 5.32 Å². The third-order valence-corrected chi connectivity index (χ3v) is 8.10. The number of nitrogens with one attached hydrogen (secondary N) is 1. The summed E-state index contributed by atoms with van der Waals surface area (Å²) >= 11 is 6.23. The minimum atomic E-state index is -4.76. The molecule has 10 heteroatoms. The van der Waals surface area contributed by atoms with Gasteiger partial charge in [0.25, 0.3) is 10.0 Å². The third kappa shape index (κ3) is 6.61. The predicted molar refractivity (Wildman–Crippen MR) is 145 cm³/mol. The number of halogens is 4. The smallest absolute Gasteiger partial charge is 0.344 e. The molecule has 0 saturated carbocycles. The highest BCUT2D eigenvalue weighted by atomic mass is 35.5. The lowest BCUT2D eigenvalue weighted by molar-refractivity contribution is -0.137. The van der Waals surface area contributed by atoms with Crippen molar-refractivity contribution in [2.45, 2.75) is 24.0 Å². The summed E-state index contributed by atoms with van der Waals surface area (Å²) in [5.41, 5.74) is 0.935. The second-order valence-corrected chi connectivity index (χ2v) is 11.1. The molecular weight excluding hydrogens is 549 g/mol. The maximum Gasteiger partial charge on any atom is 0.416 e. The van der Waals surface area contributed by atoms with Crippen LogP contribution in [0.2, 0.25) is 5.02 Å². The molecule has 0 unspecified atom stereocenters. The van der Waals surface area contributed by atoms with E-state index in [-0.39, 0.29) is 9.92 Å². The molecule has 0 aromatic heterocycles. The van der Waals surface area contributed by atoms with Gasteiger partial charge in [0.05, 0.1) is 27.2 Å². The van der Waals surface area contributed by atoms with Crippen LogP contribution < -0.4 is 9.62 Å². The molecule has 4 aromatic rings. The molecule has 1 atom stereocenters. The topological polar surface area (TPSA) is 66.5 Å². The lowest BCUT2D eigenvalue weighted by Gasteiger charge is -2.27. The van der Waals surface area contributed by atoms with Crippen molar-refractivity contribution < 1.29 is 26.4 Å². The first-order valence-electron chi connectivity index (χ1n) is 11.8. The number of carbonyl (C=O) groups excluding carboxylic acids is 1. The van der Waals surface area contributed by atoms with Gasteiger partial charge in [0.2, 0.25) is 5.91 Å². The van der Waals surface area contributed by atoms with E-state index >= 15 is 0 Å². The Bertz CT molecular complexity index is 1550. The number of aryl methyl sites for hydroxylation is 1. The monoisotopic (exact) mass is 572 g/mol. The molecule has 4 rings (SSSR count). The van der Waals surface area contributed by atoms with Crippen molar-refractivity contribution in [3.63, 3.8) is 0 Å². The quantitative estimate of drug-likeness (QED) is 0.253. The van der Waals surface area contributed by atoms with Crippen molar-refractivity contribution in [1.29, 1.82) is 0 Å². The molecule has 0 heterocycles. The summed E-state index contributed by atoms with van der Waals surface area (Å²) in [6, 6.07) is 25.3. The highest BCUT2D eigenvalue weighted by Gasteiger charge is 2.35. The van der Waals surface area contributed by atoms with Gasteiger partial charge in [-0.1, -0.05) is 90.0 Å². The largest absolute Gasteiger partial charge is 0.416 e. The van der Waals surface area contributed by atoms with Gasteiger partial charge in [-0.25, -0.2) is 8.42 Å². The first-order valence-corrected chi connectivity index (χ1v) is 13.6. The Balaban J connectivity index is 1.75. The Morgan fingerprint density at radius 3 is 2.03 bits per heavy atom. The first kappa shape index (κ1) is 28.2. The maximum absolute atomic E-state index is 13.7. The molecule has 0 aliphatic heterocycles. The number of anilines is 1. The standard InChI is InChI=1S/C29H24ClF3N2O3S/c1-20-12-14-22(15-13-20)28(21-8-4-2-5-9-21)34-27(36)19-35(39(37,38)24-10-6-3-7-11-24)26-18-23(29(31,32)33)16-17-25(26)30/h2-18,28H,19H2,1H3,(H,34,36)/t28-/m0/s1. The van der Waals surface area contributed by atoms with E-state index in [0.29, 0.717) is 10.4 Å². The second-order valence-electron chi connectivity index (χ2n) is 8.81. The van der Waals surface area contributed by atoms with Crippen LogP contribution in [0, 0.1) is 6.92 Å². The van der Waals surface area contributed by atoms with Crippen molar-refractivity contribution in [3.8, 4) is 0 Å². The van der Waals surface area contributed by atoms with Crippen LogP contribution in [0.3, 0.4) is 0 Å². The van der Waals surface area contributed by atoms with Crippen LogP contribution in [-0.4, -0.2) is 20.9 Å². The van der Waals surface area contributed by atoms with Crippen LogP contribution in [0.4, 0.5) is 18.9 Å². The molecule has 0 aliphatic carbocycles. The number of sulfonamides is 1. The highest BCUT2D eigenvalue weighted by Crippen LogP contribution is 2.37. The number of benzene rings is 4. The van der Waals surface area contributed by atoms with E-state index in [1.807, 2.05) is 49.4 Å². The molecule has 1 N–H and O–H groups in total. The summed E-state index contributed by atoms with van der Waals surface area (Å²) in [7, 11) is -4.48. The van der Waals surface area contributed by atoms with Gasteiger partial charge in [0.1, 0.15) is 6.54 Å². The Labute approximate surface area is 229 Å². The highest BCUT2D eigenvalue weighted by molar-refractivity contribution is 7.92. The fourth-order valence-corrected chi connectivity index (χ4v) is 5.72. The fourth-order valence-electron chi connectivity index (χ4n) is 4.00. The molecule has 0 radical (unpaired) electrons. The number of carbonyl (C=O) groups is 1. The van der Waals surface area contributed by atoms with Crippen LogP contribution in [-0.2, 0) is 21.0 Å². The summed E-state index contributed by atoms with van der Waals surface area (Å²) in [6.45, 7) is 1.11. The molecule has 5 nitrogen and oxygen atoms in total. The number of hydrogen-bond acceptors (Lipinski definition) is 3. The third-order valence-electron chi connectivity index (χ3n) is 6.01. The molecule has 0 aliphatic rings. The van der Waals surface area contributed by atoms with Crippen molar-refractivity contribution in [2.75, 3.05) is 10.8 Å². The Morgan fingerprint density at radius 1 is 0.872 bits per heavy atom. The minimum Gasteiger partial charge on any atom is -0.344 e. The van der Waals surface area contributed by atoms with Crippen molar-refractivity contribution in [2.24, 2.45) is 0 Å². The zero-order chi connectivity index (χ0) is 28.2. The summed E-state index contributed by atoms with van der Waals surface area (Å²) in [5, 5.41) is 2.59. The van der Waals surface area contributed by atoms with Gasteiger partial charge in [-0.3, -0.25) is 9.10 Å². The van der Waals surface area contributed by atoms with Gasteiger partial charge in [0.15, 0.2) is 0 Å². The molecular formula is C29H24ClF3N2O3S. The number of hydrogen-bond donors (Lipinski definition) is 1. The number of alkyl halides is 3.